The summed E-state index contributed by atoms with van der Waals surface area (Å²) in [6, 6.07) is -0.376. The van der Waals surface area contributed by atoms with Gasteiger partial charge in [-0.1, -0.05) is 12.8 Å². The minimum atomic E-state index is -0.514. The first-order chi connectivity index (χ1) is 10.8. The molecule has 1 aromatic rings. The van der Waals surface area contributed by atoms with E-state index in [1.807, 2.05) is 20.8 Å². The molecule has 0 bridgehead atoms. The Morgan fingerprint density at radius 2 is 1.96 bits per heavy atom. The monoisotopic (exact) mass is 324 g/mol. The fourth-order valence-corrected chi connectivity index (χ4v) is 2.23. The maximum atomic E-state index is 12.4. The second-order valence-electron chi connectivity index (χ2n) is 6.46. The van der Waals surface area contributed by atoms with Crippen molar-refractivity contribution in [2.24, 2.45) is 0 Å². The maximum Gasteiger partial charge on any atom is 0.329 e. The summed E-state index contributed by atoms with van der Waals surface area (Å²) in [6.45, 7) is 7.79. The number of carbonyl (C=O) groups is 2. The van der Waals surface area contributed by atoms with Gasteiger partial charge in [0.2, 0.25) is 0 Å². The van der Waals surface area contributed by atoms with Crippen LogP contribution in [0.15, 0.2) is 18.7 Å². The number of hydrogen-bond donors (Lipinski definition) is 0. The van der Waals surface area contributed by atoms with Gasteiger partial charge in [0.1, 0.15) is 11.6 Å². The minimum Gasteiger partial charge on any atom is -0.466 e. The van der Waals surface area contributed by atoms with Gasteiger partial charge in [0.05, 0.1) is 12.9 Å². The predicted octanol–water partition coefficient (Wildman–Crippen LogP) is 3.28. The lowest BCUT2D eigenvalue weighted by Gasteiger charge is -2.24. The SMILES string of the molecule is CCOC(=O)CCCCCC(C(=O)OC(C)(C)C)n1ccnc1. The highest BCUT2D eigenvalue weighted by Crippen LogP contribution is 2.21. The van der Waals surface area contributed by atoms with Crippen LogP contribution >= 0.6 is 0 Å². The van der Waals surface area contributed by atoms with Crippen molar-refractivity contribution in [2.75, 3.05) is 6.61 Å². The van der Waals surface area contributed by atoms with Crippen LogP contribution in [0.4, 0.5) is 0 Å². The number of nitrogens with zero attached hydrogens (tertiary/aromatic N) is 2. The van der Waals surface area contributed by atoms with E-state index >= 15 is 0 Å². The van der Waals surface area contributed by atoms with E-state index in [0.29, 0.717) is 19.4 Å². The number of rotatable bonds is 9. The minimum absolute atomic E-state index is 0.161. The Bertz CT molecular complexity index is 477. The summed E-state index contributed by atoms with van der Waals surface area (Å²) in [5, 5.41) is 0. The lowest BCUT2D eigenvalue weighted by atomic mass is 10.1. The van der Waals surface area contributed by atoms with Gasteiger partial charge in [-0.15, -0.1) is 0 Å². The second-order valence-corrected chi connectivity index (χ2v) is 6.46. The number of aromatic nitrogens is 2. The van der Waals surface area contributed by atoms with E-state index in [0.717, 1.165) is 19.3 Å². The smallest absolute Gasteiger partial charge is 0.329 e. The Hall–Kier alpha value is -1.85. The summed E-state index contributed by atoms with van der Waals surface area (Å²) < 4.78 is 12.2. The van der Waals surface area contributed by atoms with E-state index in [9.17, 15) is 9.59 Å². The summed E-state index contributed by atoms with van der Waals surface area (Å²) in [6.07, 6.45) is 8.61. The molecule has 1 unspecified atom stereocenters. The van der Waals surface area contributed by atoms with Gasteiger partial charge in [-0.2, -0.15) is 0 Å². The van der Waals surface area contributed by atoms with Crippen LogP contribution in [-0.4, -0.2) is 33.7 Å². The zero-order valence-corrected chi connectivity index (χ0v) is 14.6. The van der Waals surface area contributed by atoms with E-state index < -0.39 is 5.60 Å². The van der Waals surface area contributed by atoms with E-state index in [-0.39, 0.29) is 18.0 Å². The molecule has 6 heteroatoms. The summed E-state index contributed by atoms with van der Waals surface area (Å²) in [7, 11) is 0. The standard InChI is InChI=1S/C17H28N2O4/c1-5-22-15(20)10-8-6-7-9-14(19-12-11-18-13-19)16(21)23-17(2,3)4/h11-14H,5-10H2,1-4H3. The molecule has 1 heterocycles. The highest BCUT2D eigenvalue weighted by Gasteiger charge is 2.25. The Kier molecular flexibility index (Phi) is 7.78. The Balaban J connectivity index is 2.46. The quantitative estimate of drug-likeness (QED) is 0.515. The van der Waals surface area contributed by atoms with Gasteiger partial charge in [-0.25, -0.2) is 9.78 Å². The highest BCUT2D eigenvalue weighted by molar-refractivity contribution is 5.74. The number of esters is 2. The van der Waals surface area contributed by atoms with Crippen molar-refractivity contribution >= 4 is 11.9 Å². The predicted molar refractivity (Wildman–Crippen MR) is 86.8 cm³/mol. The molecule has 0 fully saturated rings. The molecule has 1 rings (SSSR count). The molecule has 23 heavy (non-hydrogen) atoms. The first kappa shape index (κ1) is 19.2. The van der Waals surface area contributed by atoms with E-state index in [2.05, 4.69) is 4.98 Å². The molecule has 0 aliphatic carbocycles. The van der Waals surface area contributed by atoms with Gasteiger partial charge < -0.3 is 14.0 Å². The maximum absolute atomic E-state index is 12.4. The van der Waals surface area contributed by atoms with Gasteiger partial charge in [-0.3, -0.25) is 4.79 Å². The molecule has 0 aliphatic rings. The average Bonchev–Trinajstić information content (AvgIpc) is 2.94. The molecule has 0 radical (unpaired) electrons. The molecular weight excluding hydrogens is 296 g/mol. The molecule has 0 aromatic carbocycles. The lowest BCUT2D eigenvalue weighted by Crippen LogP contribution is -2.30. The first-order valence-corrected chi connectivity index (χ1v) is 8.19. The Labute approximate surface area is 138 Å². The summed E-state index contributed by atoms with van der Waals surface area (Å²) in [4.78, 5) is 27.7. The van der Waals surface area contributed by atoms with Crippen molar-refractivity contribution in [3.8, 4) is 0 Å². The van der Waals surface area contributed by atoms with Gasteiger partial charge in [0, 0.05) is 18.8 Å². The molecule has 0 aliphatic heterocycles. The zero-order chi connectivity index (χ0) is 17.3. The number of carbonyl (C=O) groups excluding carboxylic acids is 2. The van der Waals surface area contributed by atoms with Crippen LogP contribution in [0.5, 0.6) is 0 Å². The van der Waals surface area contributed by atoms with Gasteiger partial charge in [-0.05, 0) is 40.5 Å². The van der Waals surface area contributed by atoms with Crippen molar-refractivity contribution < 1.29 is 19.1 Å². The number of hydrogen-bond acceptors (Lipinski definition) is 5. The number of imidazole rings is 1. The molecule has 0 amide bonds. The molecule has 0 saturated heterocycles. The fourth-order valence-electron chi connectivity index (χ4n) is 2.23. The van der Waals surface area contributed by atoms with Crippen LogP contribution in [0.3, 0.4) is 0 Å². The third-order valence-electron chi connectivity index (χ3n) is 3.23. The second kappa shape index (κ2) is 9.33. The lowest BCUT2D eigenvalue weighted by molar-refractivity contribution is -0.159. The van der Waals surface area contributed by atoms with Crippen molar-refractivity contribution in [3.63, 3.8) is 0 Å². The summed E-state index contributed by atoms with van der Waals surface area (Å²) >= 11 is 0. The van der Waals surface area contributed by atoms with Crippen LogP contribution < -0.4 is 0 Å². The molecule has 1 atom stereocenters. The molecule has 0 saturated carbocycles. The normalized spacial score (nSPS) is 12.7. The molecule has 6 nitrogen and oxygen atoms in total. The first-order valence-electron chi connectivity index (χ1n) is 8.19. The average molecular weight is 324 g/mol. The Morgan fingerprint density at radius 1 is 1.22 bits per heavy atom. The van der Waals surface area contributed by atoms with Crippen molar-refractivity contribution in [3.05, 3.63) is 18.7 Å². The van der Waals surface area contributed by atoms with Gasteiger partial charge in [0.15, 0.2) is 0 Å². The van der Waals surface area contributed by atoms with Crippen molar-refractivity contribution in [1.82, 2.24) is 9.55 Å². The fraction of sp³-hybridized carbons (Fsp3) is 0.706. The highest BCUT2D eigenvalue weighted by atomic mass is 16.6. The van der Waals surface area contributed by atoms with E-state index in [1.165, 1.54) is 0 Å². The summed E-state index contributed by atoms with van der Waals surface area (Å²) in [5.41, 5.74) is -0.514. The largest absolute Gasteiger partial charge is 0.466 e. The van der Waals surface area contributed by atoms with Crippen LogP contribution in [0.1, 0.15) is 65.8 Å². The van der Waals surface area contributed by atoms with Crippen LogP contribution in [0.2, 0.25) is 0 Å². The van der Waals surface area contributed by atoms with Crippen molar-refractivity contribution in [1.29, 1.82) is 0 Å². The number of unbranched alkanes of at least 4 members (excludes halogenated alkanes) is 2. The third-order valence-corrected chi connectivity index (χ3v) is 3.23. The molecular formula is C17H28N2O4. The van der Waals surface area contributed by atoms with E-state index in [1.54, 1.807) is 30.2 Å². The van der Waals surface area contributed by atoms with E-state index in [4.69, 9.17) is 9.47 Å². The topological polar surface area (TPSA) is 70.4 Å². The van der Waals surface area contributed by atoms with Crippen molar-refractivity contribution in [2.45, 2.75) is 71.4 Å². The van der Waals surface area contributed by atoms with Crippen LogP contribution in [0.25, 0.3) is 0 Å². The molecule has 0 N–H and O–H groups in total. The number of ether oxygens (including phenoxy) is 2. The van der Waals surface area contributed by atoms with Gasteiger partial charge in [0.25, 0.3) is 0 Å². The third kappa shape index (κ3) is 7.81. The van der Waals surface area contributed by atoms with Gasteiger partial charge >= 0.3 is 11.9 Å². The molecule has 1 aromatic heterocycles. The summed E-state index contributed by atoms with van der Waals surface area (Å²) in [5.74, 6) is -0.410. The van der Waals surface area contributed by atoms with Crippen LogP contribution in [0, 0.1) is 0 Å². The Morgan fingerprint density at radius 3 is 2.52 bits per heavy atom. The van der Waals surface area contributed by atoms with Crippen LogP contribution in [-0.2, 0) is 19.1 Å². The molecule has 130 valence electrons. The molecule has 0 spiro atoms. The zero-order valence-electron chi connectivity index (χ0n) is 14.6.